The van der Waals surface area contributed by atoms with Gasteiger partial charge in [0.05, 0.1) is 11.6 Å². The molecule has 0 aliphatic rings. The van der Waals surface area contributed by atoms with E-state index in [2.05, 4.69) is 0 Å². The minimum Gasteiger partial charge on any atom is -0.545 e. The van der Waals surface area contributed by atoms with Crippen molar-refractivity contribution in [3.63, 3.8) is 0 Å². The predicted molar refractivity (Wildman–Crippen MR) is 55.0 cm³/mol. The maximum absolute atomic E-state index is 11.0. The highest BCUT2D eigenvalue weighted by Crippen LogP contribution is 2.30. The zero-order valence-electron chi connectivity index (χ0n) is 9.28. The van der Waals surface area contributed by atoms with E-state index in [1.54, 1.807) is 20.8 Å². The van der Waals surface area contributed by atoms with Crippen molar-refractivity contribution in [1.29, 1.82) is 0 Å². The lowest BCUT2D eigenvalue weighted by Gasteiger charge is -2.17. The van der Waals surface area contributed by atoms with Crippen LogP contribution in [0.25, 0.3) is 0 Å². The molecule has 0 rings (SSSR count). The van der Waals surface area contributed by atoms with Crippen LogP contribution in [0.15, 0.2) is 11.1 Å². The van der Waals surface area contributed by atoms with Crippen LogP contribution in [0.3, 0.4) is 0 Å². The molecule has 1 unspecified atom stereocenters. The standard InChI is InChI=1S/C10H17O4P/c1-4-7(8(5-2)10(11)12)9(6-3)15(13)14/h9H,4-6H2,1-3H3,(H,11,12)/p-1/b8-7+. The lowest BCUT2D eigenvalue weighted by atomic mass is 9.99. The summed E-state index contributed by atoms with van der Waals surface area (Å²) in [7, 11) is -2.62. The van der Waals surface area contributed by atoms with E-state index in [0.717, 1.165) is 0 Å². The Bertz CT molecular complexity index is 320. The minimum atomic E-state index is -2.62. The SMILES string of the molecule is CC/C(C(=O)[O-])=C(/CC)C(CC)P(=O)=O. The first-order chi connectivity index (χ1) is 6.99. The summed E-state index contributed by atoms with van der Waals surface area (Å²) < 4.78 is 21.9. The van der Waals surface area contributed by atoms with Crippen molar-refractivity contribution in [1.82, 2.24) is 0 Å². The van der Waals surface area contributed by atoms with Gasteiger partial charge in [0.15, 0.2) is 0 Å². The molecule has 5 heteroatoms. The zero-order chi connectivity index (χ0) is 12.0. The van der Waals surface area contributed by atoms with E-state index in [0.29, 0.717) is 24.8 Å². The van der Waals surface area contributed by atoms with E-state index in [1.807, 2.05) is 0 Å². The third kappa shape index (κ3) is 3.63. The molecule has 15 heavy (non-hydrogen) atoms. The van der Waals surface area contributed by atoms with Gasteiger partial charge in [-0.3, -0.25) is 0 Å². The molecule has 4 nitrogen and oxygen atoms in total. The van der Waals surface area contributed by atoms with Crippen LogP contribution < -0.4 is 5.11 Å². The van der Waals surface area contributed by atoms with Crippen LogP contribution in [0, 0.1) is 0 Å². The Balaban J connectivity index is 5.42. The minimum absolute atomic E-state index is 0.128. The van der Waals surface area contributed by atoms with Gasteiger partial charge in [0.1, 0.15) is 0 Å². The van der Waals surface area contributed by atoms with E-state index in [4.69, 9.17) is 0 Å². The Hall–Kier alpha value is -0.890. The summed E-state index contributed by atoms with van der Waals surface area (Å²) in [5.74, 6) is -1.26. The van der Waals surface area contributed by atoms with Crippen LogP contribution >= 0.6 is 7.68 Å². The van der Waals surface area contributed by atoms with Crippen molar-refractivity contribution in [3.05, 3.63) is 11.1 Å². The predicted octanol–water partition coefficient (Wildman–Crippen LogP) is 1.80. The summed E-state index contributed by atoms with van der Waals surface area (Å²) >= 11 is 0. The van der Waals surface area contributed by atoms with E-state index in [1.165, 1.54) is 0 Å². The molecular weight excluding hydrogens is 215 g/mol. The first-order valence-electron chi connectivity index (χ1n) is 5.06. The quantitative estimate of drug-likeness (QED) is 0.516. The van der Waals surface area contributed by atoms with Crippen molar-refractivity contribution in [2.24, 2.45) is 0 Å². The van der Waals surface area contributed by atoms with Crippen LogP contribution in [0.2, 0.25) is 0 Å². The average Bonchev–Trinajstić information content (AvgIpc) is 2.16. The van der Waals surface area contributed by atoms with Crippen LogP contribution in [0.4, 0.5) is 0 Å². The molecule has 0 radical (unpaired) electrons. The number of carbonyl (C=O) groups is 1. The molecule has 0 aromatic rings. The Morgan fingerprint density at radius 3 is 1.93 bits per heavy atom. The lowest BCUT2D eigenvalue weighted by molar-refractivity contribution is -0.299. The molecule has 0 aromatic heterocycles. The molecule has 0 saturated heterocycles. The molecule has 0 fully saturated rings. The van der Waals surface area contributed by atoms with Gasteiger partial charge >= 0.3 is 7.68 Å². The molecule has 0 saturated carbocycles. The van der Waals surface area contributed by atoms with Gasteiger partial charge in [-0.1, -0.05) is 20.8 Å². The number of aliphatic carboxylic acids is 1. The fraction of sp³-hybridized carbons (Fsp3) is 0.700. The molecule has 0 aliphatic heterocycles. The summed E-state index contributed by atoms with van der Waals surface area (Å²) in [5, 5.41) is 10.8. The normalized spacial score (nSPS) is 14.3. The van der Waals surface area contributed by atoms with E-state index < -0.39 is 19.3 Å². The summed E-state index contributed by atoms with van der Waals surface area (Å²) in [6.45, 7) is 5.18. The van der Waals surface area contributed by atoms with Crippen molar-refractivity contribution in [2.75, 3.05) is 0 Å². The first-order valence-corrected chi connectivity index (χ1v) is 6.30. The molecular formula is C10H16O4P-. The molecule has 0 bridgehead atoms. The molecule has 86 valence electrons. The number of carboxylic acids is 1. The third-order valence-electron chi connectivity index (χ3n) is 2.41. The molecule has 0 spiro atoms. The molecule has 0 aliphatic carbocycles. The van der Waals surface area contributed by atoms with E-state index in [9.17, 15) is 19.0 Å². The second-order valence-corrected chi connectivity index (χ2v) is 4.40. The average molecular weight is 231 g/mol. The van der Waals surface area contributed by atoms with Crippen molar-refractivity contribution in [3.8, 4) is 0 Å². The highest BCUT2D eigenvalue weighted by Gasteiger charge is 2.20. The van der Waals surface area contributed by atoms with Gasteiger partial charge in [-0.05, 0) is 30.4 Å². The van der Waals surface area contributed by atoms with Gasteiger partial charge in [0.25, 0.3) is 0 Å². The number of allylic oxidation sites excluding steroid dienone is 1. The monoisotopic (exact) mass is 231 g/mol. The summed E-state index contributed by atoms with van der Waals surface area (Å²) in [5.41, 5.74) is -0.0579. The largest absolute Gasteiger partial charge is 0.545 e. The van der Waals surface area contributed by atoms with Gasteiger partial charge in [-0.2, -0.15) is 0 Å². The molecule has 0 aromatic carbocycles. The van der Waals surface area contributed by atoms with Crippen LogP contribution in [0.5, 0.6) is 0 Å². The second-order valence-electron chi connectivity index (χ2n) is 3.21. The van der Waals surface area contributed by atoms with Crippen molar-refractivity contribution >= 4 is 13.6 Å². The maximum Gasteiger partial charge on any atom is 0.322 e. The number of hydrogen-bond donors (Lipinski definition) is 0. The summed E-state index contributed by atoms with van der Waals surface area (Å²) in [6, 6.07) is 0. The van der Waals surface area contributed by atoms with Gasteiger partial charge in [0.2, 0.25) is 0 Å². The Morgan fingerprint density at radius 1 is 1.20 bits per heavy atom. The van der Waals surface area contributed by atoms with Crippen LogP contribution in [-0.2, 0) is 13.9 Å². The molecule has 1 atom stereocenters. The number of carboxylic acid groups (broad SMARTS) is 1. The highest BCUT2D eigenvalue weighted by atomic mass is 31.1. The first kappa shape index (κ1) is 14.1. The molecule has 0 N–H and O–H groups in total. The molecule has 0 heterocycles. The summed E-state index contributed by atoms with van der Waals surface area (Å²) in [6.07, 6.45) is 1.13. The molecule has 0 amide bonds. The third-order valence-corrected chi connectivity index (χ3v) is 3.60. The van der Waals surface area contributed by atoms with Gasteiger partial charge in [-0.15, -0.1) is 0 Å². The van der Waals surface area contributed by atoms with E-state index in [-0.39, 0.29) is 5.57 Å². The maximum atomic E-state index is 11.0. The smallest absolute Gasteiger partial charge is 0.322 e. The van der Waals surface area contributed by atoms with Gasteiger partial charge in [0, 0.05) is 0 Å². The Kier molecular flexibility index (Phi) is 6.18. The summed E-state index contributed by atoms with van der Waals surface area (Å²) in [4.78, 5) is 10.8. The topological polar surface area (TPSA) is 74.3 Å². The lowest BCUT2D eigenvalue weighted by Crippen LogP contribution is -2.26. The zero-order valence-corrected chi connectivity index (χ0v) is 10.2. The second kappa shape index (κ2) is 6.57. The fourth-order valence-corrected chi connectivity index (χ4v) is 2.57. The number of carbonyl (C=O) groups excluding carboxylic acids is 1. The van der Waals surface area contributed by atoms with Crippen molar-refractivity contribution < 1.29 is 19.0 Å². The van der Waals surface area contributed by atoms with Crippen molar-refractivity contribution in [2.45, 2.75) is 45.7 Å². The Labute approximate surface area is 90.2 Å². The number of hydrogen-bond acceptors (Lipinski definition) is 4. The Morgan fingerprint density at radius 2 is 1.73 bits per heavy atom. The van der Waals surface area contributed by atoms with Gasteiger partial charge in [-0.25, -0.2) is 9.13 Å². The fourth-order valence-electron chi connectivity index (χ4n) is 1.68. The van der Waals surface area contributed by atoms with Crippen LogP contribution in [-0.4, -0.2) is 11.6 Å². The van der Waals surface area contributed by atoms with Gasteiger partial charge < -0.3 is 9.90 Å². The number of rotatable bonds is 6. The van der Waals surface area contributed by atoms with Crippen LogP contribution in [0.1, 0.15) is 40.0 Å². The highest BCUT2D eigenvalue weighted by molar-refractivity contribution is 7.32. The van der Waals surface area contributed by atoms with E-state index >= 15 is 0 Å².